The molecule has 0 aliphatic heterocycles. The minimum atomic E-state index is 0.0821. The minimum Gasteiger partial charge on any atom is -0.421 e. The van der Waals surface area contributed by atoms with Crippen LogP contribution in [0.4, 0.5) is 0 Å². The van der Waals surface area contributed by atoms with Crippen LogP contribution in [0.15, 0.2) is 59.0 Å². The first-order valence-electron chi connectivity index (χ1n) is 8.93. The average molecular weight is 347 g/mol. The number of carbonyl (C=O) groups excluding carboxylic acids is 1. The molecule has 5 nitrogen and oxygen atoms in total. The number of amides is 1. The van der Waals surface area contributed by atoms with Crippen molar-refractivity contribution in [3.05, 3.63) is 71.6 Å². The van der Waals surface area contributed by atoms with E-state index in [0.717, 1.165) is 12.0 Å². The van der Waals surface area contributed by atoms with Crippen molar-refractivity contribution in [2.45, 2.75) is 25.7 Å². The highest BCUT2D eigenvalue weighted by molar-refractivity contribution is 5.83. The summed E-state index contributed by atoms with van der Waals surface area (Å²) in [4.78, 5) is 12.3. The van der Waals surface area contributed by atoms with Gasteiger partial charge in [0.1, 0.15) is 0 Å². The Hall–Kier alpha value is -2.95. The zero-order chi connectivity index (χ0) is 17.9. The van der Waals surface area contributed by atoms with Crippen molar-refractivity contribution in [1.29, 1.82) is 0 Å². The molecule has 1 fully saturated rings. The summed E-state index contributed by atoms with van der Waals surface area (Å²) in [5.41, 5.74) is 3.44. The smallest absolute Gasteiger partial charge is 0.247 e. The molecular weight excluding hydrogens is 326 g/mol. The largest absolute Gasteiger partial charge is 0.421 e. The molecule has 2 aromatic carbocycles. The molecule has 4 rings (SSSR count). The van der Waals surface area contributed by atoms with Gasteiger partial charge in [0.2, 0.25) is 17.7 Å². The molecule has 0 radical (unpaired) electrons. The number of nitrogens with one attached hydrogen (secondary N) is 1. The number of nitrogens with zero attached hydrogens (tertiary/aromatic N) is 2. The van der Waals surface area contributed by atoms with Gasteiger partial charge in [0.05, 0.1) is 0 Å². The predicted octanol–water partition coefficient (Wildman–Crippen LogP) is 3.51. The standard InChI is InChI=1S/C21H21N3O2/c1-14-7-5-6-10-16(14)17-13-18(17)20(25)22-12-11-19-23-24-21(26-19)15-8-3-2-4-9-15/h2-10,17-18H,11-13H2,1H3,(H,22,25)/t17-,18-/m0/s1. The number of hydrogen-bond donors (Lipinski definition) is 1. The van der Waals surface area contributed by atoms with E-state index in [-0.39, 0.29) is 11.8 Å². The van der Waals surface area contributed by atoms with Crippen LogP contribution in [0.5, 0.6) is 0 Å². The van der Waals surface area contributed by atoms with Gasteiger partial charge in [-0.3, -0.25) is 4.79 Å². The van der Waals surface area contributed by atoms with Gasteiger partial charge >= 0.3 is 0 Å². The molecule has 0 bridgehead atoms. The molecule has 0 unspecified atom stereocenters. The maximum Gasteiger partial charge on any atom is 0.247 e. The van der Waals surface area contributed by atoms with Crippen molar-refractivity contribution >= 4 is 5.91 Å². The second-order valence-corrected chi connectivity index (χ2v) is 6.71. The molecule has 1 amide bonds. The third-order valence-corrected chi connectivity index (χ3v) is 4.84. The van der Waals surface area contributed by atoms with Crippen LogP contribution in [0.3, 0.4) is 0 Å². The Morgan fingerprint density at radius 1 is 1.12 bits per heavy atom. The molecule has 1 aliphatic carbocycles. The first-order valence-corrected chi connectivity index (χ1v) is 8.93. The summed E-state index contributed by atoms with van der Waals surface area (Å²) in [6.45, 7) is 2.61. The molecule has 26 heavy (non-hydrogen) atoms. The van der Waals surface area contributed by atoms with Crippen LogP contribution in [0, 0.1) is 12.8 Å². The summed E-state index contributed by atoms with van der Waals surface area (Å²) in [5.74, 6) is 1.59. The third-order valence-electron chi connectivity index (χ3n) is 4.84. The normalized spacial score (nSPS) is 18.5. The summed E-state index contributed by atoms with van der Waals surface area (Å²) in [6, 6.07) is 18.0. The van der Waals surface area contributed by atoms with E-state index in [9.17, 15) is 4.79 Å². The van der Waals surface area contributed by atoms with Gasteiger partial charge < -0.3 is 9.73 Å². The first kappa shape index (κ1) is 16.5. The van der Waals surface area contributed by atoms with Gasteiger partial charge in [0.15, 0.2) is 0 Å². The van der Waals surface area contributed by atoms with Crippen LogP contribution in [-0.2, 0) is 11.2 Å². The summed E-state index contributed by atoms with van der Waals surface area (Å²) in [7, 11) is 0. The summed E-state index contributed by atoms with van der Waals surface area (Å²) >= 11 is 0. The molecular formula is C21H21N3O2. The number of rotatable bonds is 6. The molecule has 1 aromatic heterocycles. The monoisotopic (exact) mass is 347 g/mol. The summed E-state index contributed by atoms with van der Waals surface area (Å²) < 4.78 is 5.66. The Kier molecular flexibility index (Phi) is 4.52. The fourth-order valence-corrected chi connectivity index (χ4v) is 3.31. The van der Waals surface area contributed by atoms with E-state index in [0.29, 0.717) is 30.7 Å². The van der Waals surface area contributed by atoms with Crippen LogP contribution in [0.2, 0.25) is 0 Å². The summed E-state index contributed by atoms with van der Waals surface area (Å²) in [6.07, 6.45) is 1.46. The first-order chi connectivity index (χ1) is 12.7. The van der Waals surface area contributed by atoms with Crippen molar-refractivity contribution in [3.63, 3.8) is 0 Å². The van der Waals surface area contributed by atoms with Gasteiger partial charge in [-0.05, 0) is 42.5 Å². The number of aromatic nitrogens is 2. The van der Waals surface area contributed by atoms with E-state index in [4.69, 9.17) is 4.42 Å². The third kappa shape index (κ3) is 3.52. The van der Waals surface area contributed by atoms with Gasteiger partial charge in [-0.25, -0.2) is 0 Å². The molecule has 2 atom stereocenters. The van der Waals surface area contributed by atoms with Gasteiger partial charge in [-0.1, -0.05) is 42.5 Å². The topological polar surface area (TPSA) is 68.0 Å². The van der Waals surface area contributed by atoms with Gasteiger partial charge in [-0.15, -0.1) is 10.2 Å². The number of hydrogen-bond acceptors (Lipinski definition) is 4. The van der Waals surface area contributed by atoms with Crippen molar-refractivity contribution < 1.29 is 9.21 Å². The zero-order valence-electron chi connectivity index (χ0n) is 14.7. The minimum absolute atomic E-state index is 0.0821. The van der Waals surface area contributed by atoms with Crippen molar-refractivity contribution in [3.8, 4) is 11.5 Å². The Morgan fingerprint density at radius 2 is 1.88 bits per heavy atom. The van der Waals surface area contributed by atoms with Gasteiger partial charge in [0.25, 0.3) is 0 Å². The van der Waals surface area contributed by atoms with E-state index in [1.54, 1.807) is 0 Å². The van der Waals surface area contributed by atoms with Crippen molar-refractivity contribution in [2.75, 3.05) is 6.54 Å². The van der Waals surface area contributed by atoms with E-state index in [1.165, 1.54) is 11.1 Å². The summed E-state index contributed by atoms with van der Waals surface area (Å²) in [5, 5.41) is 11.1. The predicted molar refractivity (Wildman–Crippen MR) is 98.5 cm³/mol. The number of aryl methyl sites for hydroxylation is 1. The van der Waals surface area contributed by atoms with Crippen LogP contribution in [-0.4, -0.2) is 22.6 Å². The Labute approximate surface area is 152 Å². The van der Waals surface area contributed by atoms with Crippen molar-refractivity contribution in [2.24, 2.45) is 5.92 Å². The molecule has 0 spiro atoms. The highest BCUT2D eigenvalue weighted by Crippen LogP contribution is 2.48. The fraction of sp³-hybridized carbons (Fsp3) is 0.286. The lowest BCUT2D eigenvalue weighted by Gasteiger charge is -2.05. The Morgan fingerprint density at radius 3 is 2.69 bits per heavy atom. The molecule has 3 aromatic rings. The fourth-order valence-electron chi connectivity index (χ4n) is 3.31. The second-order valence-electron chi connectivity index (χ2n) is 6.71. The lowest BCUT2D eigenvalue weighted by Crippen LogP contribution is -2.27. The molecule has 132 valence electrons. The maximum absolute atomic E-state index is 12.3. The maximum atomic E-state index is 12.3. The SMILES string of the molecule is Cc1ccccc1[C@@H]1C[C@@H]1C(=O)NCCc1nnc(-c2ccccc2)o1. The zero-order valence-corrected chi connectivity index (χ0v) is 14.7. The molecule has 1 saturated carbocycles. The van der Waals surface area contributed by atoms with Crippen molar-refractivity contribution in [1.82, 2.24) is 15.5 Å². The Balaban J connectivity index is 1.27. The van der Waals surface area contributed by atoms with Crippen LogP contribution >= 0.6 is 0 Å². The average Bonchev–Trinajstić information content (AvgIpc) is 3.33. The van der Waals surface area contributed by atoms with Crippen LogP contribution in [0.25, 0.3) is 11.5 Å². The molecule has 1 heterocycles. The van der Waals surface area contributed by atoms with Gasteiger partial charge in [0, 0.05) is 24.4 Å². The lowest BCUT2D eigenvalue weighted by atomic mass is 10.0. The highest BCUT2D eigenvalue weighted by Gasteiger charge is 2.44. The number of benzene rings is 2. The quantitative estimate of drug-likeness (QED) is 0.741. The molecule has 1 N–H and O–H groups in total. The van der Waals surface area contributed by atoms with Gasteiger partial charge in [-0.2, -0.15) is 0 Å². The second kappa shape index (κ2) is 7.12. The number of carbonyl (C=O) groups is 1. The van der Waals surface area contributed by atoms with E-state index < -0.39 is 0 Å². The molecule has 1 aliphatic rings. The lowest BCUT2D eigenvalue weighted by molar-refractivity contribution is -0.122. The Bertz CT molecular complexity index is 904. The van der Waals surface area contributed by atoms with Crippen LogP contribution in [0.1, 0.15) is 29.4 Å². The van der Waals surface area contributed by atoms with E-state index in [2.05, 4.69) is 34.6 Å². The molecule has 5 heteroatoms. The van der Waals surface area contributed by atoms with Crippen LogP contribution < -0.4 is 5.32 Å². The molecule has 0 saturated heterocycles. The highest BCUT2D eigenvalue weighted by atomic mass is 16.4. The van der Waals surface area contributed by atoms with E-state index in [1.807, 2.05) is 42.5 Å². The van der Waals surface area contributed by atoms with E-state index >= 15 is 0 Å².